The Morgan fingerprint density at radius 1 is 1.13 bits per heavy atom. The Bertz CT molecular complexity index is 1150. The molecule has 1 amide bonds. The number of halogens is 1. The Hall–Kier alpha value is -2.61. The molecule has 0 saturated heterocycles. The molecule has 0 aliphatic heterocycles. The number of rotatable bonds is 9. The number of benzene rings is 2. The highest BCUT2D eigenvalue weighted by Gasteiger charge is 2.28. The van der Waals surface area contributed by atoms with E-state index in [9.17, 15) is 13.2 Å². The smallest absolute Gasteiger partial charge is 0.266 e. The number of carbonyl (C=O) groups excluding carboxylic acids is 1. The number of anilines is 1. The van der Waals surface area contributed by atoms with E-state index in [4.69, 9.17) is 11.6 Å². The van der Waals surface area contributed by atoms with E-state index < -0.39 is 10.0 Å². The van der Waals surface area contributed by atoms with Crippen LogP contribution in [0, 0.1) is 0 Å². The quantitative estimate of drug-likeness (QED) is 0.388. The molecule has 0 spiro atoms. The Morgan fingerprint density at radius 3 is 2.48 bits per heavy atom. The largest absolute Gasteiger partial charge is 0.334 e. The van der Waals surface area contributed by atoms with Crippen LogP contribution < -0.4 is 4.31 Å². The van der Waals surface area contributed by atoms with Crippen LogP contribution in [-0.4, -0.2) is 32.3 Å². The third-order valence-electron chi connectivity index (χ3n) is 4.68. The van der Waals surface area contributed by atoms with E-state index in [0.29, 0.717) is 18.8 Å². The fourth-order valence-corrected chi connectivity index (χ4v) is 5.77. The second-order valence-electron chi connectivity index (χ2n) is 6.70. The Balaban J connectivity index is 1.99. The summed E-state index contributed by atoms with van der Waals surface area (Å²) >= 11 is 7.86. The van der Waals surface area contributed by atoms with Crippen LogP contribution >= 0.6 is 22.9 Å². The zero-order chi connectivity index (χ0) is 22.4. The van der Waals surface area contributed by atoms with Crippen molar-refractivity contribution in [1.29, 1.82) is 0 Å². The summed E-state index contributed by atoms with van der Waals surface area (Å²) in [6, 6.07) is 17.0. The van der Waals surface area contributed by atoms with Crippen molar-refractivity contribution in [2.24, 2.45) is 0 Å². The SMILES string of the molecule is C=CCN(c1ccccc1)S(=O)(=O)c1cc(C(=O)N(CC)Cc2cccs2)ccc1Cl. The zero-order valence-electron chi connectivity index (χ0n) is 17.1. The van der Waals surface area contributed by atoms with Crippen molar-refractivity contribution in [3.05, 3.63) is 94.2 Å². The fraction of sp³-hybridized carbons (Fsp3) is 0.174. The number of thiophene rings is 1. The van der Waals surface area contributed by atoms with Crippen molar-refractivity contribution in [1.82, 2.24) is 4.90 Å². The lowest BCUT2D eigenvalue weighted by Gasteiger charge is -2.24. The van der Waals surface area contributed by atoms with Gasteiger partial charge >= 0.3 is 0 Å². The summed E-state index contributed by atoms with van der Waals surface area (Å²) in [6.07, 6.45) is 1.51. The average molecular weight is 475 g/mol. The average Bonchev–Trinajstić information content (AvgIpc) is 3.29. The van der Waals surface area contributed by atoms with Crippen LogP contribution in [0.2, 0.25) is 5.02 Å². The number of hydrogen-bond donors (Lipinski definition) is 0. The molecule has 0 unspecified atom stereocenters. The molecule has 8 heteroatoms. The standard InChI is InChI=1S/C23H23ClN2O3S2/c1-3-14-26(19-9-6-5-7-10-19)31(28,29)22-16-18(12-13-21(22)24)23(27)25(4-2)17-20-11-8-15-30-20/h3,5-13,15-16H,1,4,14,17H2,2H3. The number of nitrogens with zero attached hydrogens (tertiary/aromatic N) is 2. The number of para-hydroxylation sites is 1. The minimum Gasteiger partial charge on any atom is -0.334 e. The van der Waals surface area contributed by atoms with E-state index in [1.54, 1.807) is 52.6 Å². The van der Waals surface area contributed by atoms with E-state index in [1.807, 2.05) is 24.4 Å². The lowest BCUT2D eigenvalue weighted by molar-refractivity contribution is 0.0754. The molecular weight excluding hydrogens is 452 g/mol. The van der Waals surface area contributed by atoms with Gasteiger partial charge in [-0.05, 0) is 48.7 Å². The second kappa shape index (κ2) is 10.1. The summed E-state index contributed by atoms with van der Waals surface area (Å²) in [5.41, 5.74) is 0.760. The Morgan fingerprint density at radius 2 is 1.87 bits per heavy atom. The highest BCUT2D eigenvalue weighted by atomic mass is 35.5. The molecule has 0 aliphatic rings. The molecule has 0 aliphatic carbocycles. The molecule has 0 saturated carbocycles. The normalized spacial score (nSPS) is 11.2. The summed E-state index contributed by atoms with van der Waals surface area (Å²) in [7, 11) is -4.02. The van der Waals surface area contributed by atoms with Crippen molar-refractivity contribution in [2.45, 2.75) is 18.4 Å². The first-order valence-electron chi connectivity index (χ1n) is 9.68. The van der Waals surface area contributed by atoms with Gasteiger partial charge in [-0.1, -0.05) is 41.9 Å². The van der Waals surface area contributed by atoms with Crippen LogP contribution in [0.25, 0.3) is 0 Å². The fourth-order valence-electron chi connectivity index (χ4n) is 3.11. The molecule has 0 atom stereocenters. The summed E-state index contributed by atoms with van der Waals surface area (Å²) in [6.45, 7) is 6.59. The molecule has 3 rings (SSSR count). The molecular formula is C23H23ClN2O3S2. The summed E-state index contributed by atoms with van der Waals surface area (Å²) < 4.78 is 28.2. The summed E-state index contributed by atoms with van der Waals surface area (Å²) in [5, 5.41) is 2.01. The minimum absolute atomic E-state index is 0.0582. The first kappa shape index (κ1) is 23.1. The highest BCUT2D eigenvalue weighted by molar-refractivity contribution is 7.93. The summed E-state index contributed by atoms with van der Waals surface area (Å²) in [4.78, 5) is 15.7. The number of sulfonamides is 1. The van der Waals surface area contributed by atoms with Crippen LogP contribution in [0.3, 0.4) is 0 Å². The first-order chi connectivity index (χ1) is 14.9. The van der Waals surface area contributed by atoms with E-state index in [2.05, 4.69) is 6.58 Å². The Labute approximate surface area is 192 Å². The van der Waals surface area contributed by atoms with Gasteiger partial charge in [-0.2, -0.15) is 0 Å². The van der Waals surface area contributed by atoms with Gasteiger partial charge in [0, 0.05) is 17.0 Å². The van der Waals surface area contributed by atoms with Gasteiger partial charge in [-0.3, -0.25) is 9.10 Å². The maximum absolute atomic E-state index is 13.5. The van der Waals surface area contributed by atoms with Gasteiger partial charge in [0.25, 0.3) is 15.9 Å². The number of carbonyl (C=O) groups is 1. The van der Waals surface area contributed by atoms with E-state index in [0.717, 1.165) is 4.88 Å². The van der Waals surface area contributed by atoms with Crippen molar-refractivity contribution < 1.29 is 13.2 Å². The molecule has 3 aromatic rings. The zero-order valence-corrected chi connectivity index (χ0v) is 19.5. The van der Waals surface area contributed by atoms with Crippen LogP contribution in [0.4, 0.5) is 5.69 Å². The van der Waals surface area contributed by atoms with E-state index in [1.165, 1.54) is 22.5 Å². The molecule has 2 aromatic carbocycles. The molecule has 0 bridgehead atoms. The molecule has 5 nitrogen and oxygen atoms in total. The maximum Gasteiger partial charge on any atom is 0.266 e. The van der Waals surface area contributed by atoms with Crippen LogP contribution in [0.1, 0.15) is 22.2 Å². The first-order valence-corrected chi connectivity index (χ1v) is 12.4. The molecule has 31 heavy (non-hydrogen) atoms. The van der Waals surface area contributed by atoms with Gasteiger partial charge in [0.15, 0.2) is 0 Å². The predicted octanol–water partition coefficient (Wildman–Crippen LogP) is 5.45. The third-order valence-corrected chi connectivity index (χ3v) is 7.82. The molecule has 162 valence electrons. The second-order valence-corrected chi connectivity index (χ2v) is 9.97. The van der Waals surface area contributed by atoms with Gasteiger partial charge in [0.1, 0.15) is 4.90 Å². The molecule has 1 heterocycles. The molecule has 0 fully saturated rings. The maximum atomic E-state index is 13.5. The van der Waals surface area contributed by atoms with Crippen molar-refractivity contribution in [3.63, 3.8) is 0 Å². The van der Waals surface area contributed by atoms with Gasteiger partial charge in [0.05, 0.1) is 23.8 Å². The molecule has 1 aromatic heterocycles. The van der Waals surface area contributed by atoms with E-state index >= 15 is 0 Å². The van der Waals surface area contributed by atoms with Gasteiger partial charge in [-0.15, -0.1) is 17.9 Å². The lowest BCUT2D eigenvalue weighted by Crippen LogP contribution is -2.32. The van der Waals surface area contributed by atoms with Crippen molar-refractivity contribution in [3.8, 4) is 0 Å². The lowest BCUT2D eigenvalue weighted by atomic mass is 10.2. The highest BCUT2D eigenvalue weighted by Crippen LogP contribution is 2.30. The third kappa shape index (κ3) is 5.18. The molecule has 0 radical (unpaired) electrons. The van der Waals surface area contributed by atoms with Gasteiger partial charge < -0.3 is 4.90 Å². The molecule has 0 N–H and O–H groups in total. The predicted molar refractivity (Wildman–Crippen MR) is 127 cm³/mol. The topological polar surface area (TPSA) is 57.7 Å². The van der Waals surface area contributed by atoms with Crippen molar-refractivity contribution >= 4 is 44.6 Å². The minimum atomic E-state index is -4.02. The van der Waals surface area contributed by atoms with E-state index in [-0.39, 0.29) is 27.9 Å². The van der Waals surface area contributed by atoms with Crippen LogP contribution in [0.15, 0.2) is 83.6 Å². The van der Waals surface area contributed by atoms with Crippen molar-refractivity contribution in [2.75, 3.05) is 17.4 Å². The van der Waals surface area contributed by atoms with Gasteiger partial charge in [0.2, 0.25) is 0 Å². The number of amides is 1. The van der Waals surface area contributed by atoms with Crippen LogP contribution in [-0.2, 0) is 16.6 Å². The Kier molecular flexibility index (Phi) is 7.54. The van der Waals surface area contributed by atoms with Crippen LogP contribution in [0.5, 0.6) is 0 Å². The monoisotopic (exact) mass is 474 g/mol. The number of hydrogen-bond acceptors (Lipinski definition) is 4. The van der Waals surface area contributed by atoms with Gasteiger partial charge in [-0.25, -0.2) is 8.42 Å². The summed E-state index contributed by atoms with van der Waals surface area (Å²) in [5.74, 6) is -0.251.